The summed E-state index contributed by atoms with van der Waals surface area (Å²) < 4.78 is 0. The van der Waals surface area contributed by atoms with Crippen LogP contribution in [0.4, 0.5) is 0 Å². The fourth-order valence-electron chi connectivity index (χ4n) is 0.673. The lowest BCUT2D eigenvalue weighted by molar-refractivity contribution is 1.21. The molecule has 2 aromatic heterocycles. The first-order valence-corrected chi connectivity index (χ1v) is 3.41. The van der Waals surface area contributed by atoms with Crippen LogP contribution in [0.3, 0.4) is 0 Å². The van der Waals surface area contributed by atoms with E-state index in [4.69, 9.17) is 0 Å². The van der Waals surface area contributed by atoms with Gasteiger partial charge < -0.3 is 0 Å². The molecule has 0 atom stereocenters. The van der Waals surface area contributed by atoms with Crippen LogP contribution in [0.25, 0.3) is 10.2 Å². The fourth-order valence-corrected chi connectivity index (χ4v) is 1.37. The maximum absolute atomic E-state index is 3.92. The zero-order valence-corrected chi connectivity index (χ0v) is 5.35. The molecule has 0 aliphatic rings. The standard InChI is InChI=1S/C6H3N2S/c1-2-9-6-5(1)3-7-4-8-6/h1-3H. The molecule has 0 unspecified atom stereocenters. The van der Waals surface area contributed by atoms with Gasteiger partial charge in [0.1, 0.15) is 4.83 Å². The topological polar surface area (TPSA) is 25.8 Å². The zero-order chi connectivity index (χ0) is 6.10. The highest BCUT2D eigenvalue weighted by atomic mass is 32.1. The molecule has 0 aliphatic carbocycles. The van der Waals surface area contributed by atoms with Gasteiger partial charge in [0, 0.05) is 11.6 Å². The SMILES string of the molecule is [c]1ncc2ccsc2n1. The van der Waals surface area contributed by atoms with E-state index in [9.17, 15) is 0 Å². The molecule has 0 aromatic carbocycles. The van der Waals surface area contributed by atoms with Gasteiger partial charge in [-0.15, -0.1) is 11.3 Å². The van der Waals surface area contributed by atoms with Gasteiger partial charge in [-0.25, -0.2) is 9.97 Å². The highest BCUT2D eigenvalue weighted by molar-refractivity contribution is 7.16. The monoisotopic (exact) mass is 135 g/mol. The van der Waals surface area contributed by atoms with Gasteiger partial charge in [-0.1, -0.05) is 0 Å². The molecule has 9 heavy (non-hydrogen) atoms. The van der Waals surface area contributed by atoms with Crippen LogP contribution in [0.5, 0.6) is 0 Å². The van der Waals surface area contributed by atoms with Crippen LogP contribution in [0.1, 0.15) is 0 Å². The average molecular weight is 135 g/mol. The van der Waals surface area contributed by atoms with Crippen molar-refractivity contribution >= 4 is 21.6 Å². The molecule has 0 aliphatic heterocycles. The molecule has 43 valence electrons. The number of hydrogen-bond donors (Lipinski definition) is 0. The van der Waals surface area contributed by atoms with Crippen molar-refractivity contribution in [1.82, 2.24) is 9.97 Å². The van der Waals surface area contributed by atoms with Gasteiger partial charge in [0.15, 0.2) is 6.33 Å². The van der Waals surface area contributed by atoms with Crippen LogP contribution in [0.2, 0.25) is 0 Å². The molecule has 2 rings (SSSR count). The highest BCUT2D eigenvalue weighted by Gasteiger charge is 1.91. The Hall–Kier alpha value is -0.960. The largest absolute Gasteiger partial charge is 0.233 e. The molecular weight excluding hydrogens is 132 g/mol. The first kappa shape index (κ1) is 4.88. The summed E-state index contributed by atoms with van der Waals surface area (Å²) in [6.45, 7) is 0. The van der Waals surface area contributed by atoms with E-state index >= 15 is 0 Å². The lowest BCUT2D eigenvalue weighted by Gasteiger charge is -1.79. The Balaban J connectivity index is 2.95. The van der Waals surface area contributed by atoms with Crippen LogP contribution in [0.15, 0.2) is 17.6 Å². The highest BCUT2D eigenvalue weighted by Crippen LogP contribution is 2.14. The third-order valence-corrected chi connectivity index (χ3v) is 1.91. The summed E-state index contributed by atoms with van der Waals surface area (Å²) in [5, 5.41) is 3.09. The number of aromatic nitrogens is 2. The zero-order valence-electron chi connectivity index (χ0n) is 4.53. The Morgan fingerprint density at radius 1 is 1.56 bits per heavy atom. The van der Waals surface area contributed by atoms with Gasteiger partial charge in [0.25, 0.3) is 0 Å². The first-order valence-electron chi connectivity index (χ1n) is 2.53. The summed E-state index contributed by atoms with van der Waals surface area (Å²) in [6.07, 6.45) is 4.29. The summed E-state index contributed by atoms with van der Waals surface area (Å²) in [7, 11) is 0. The third-order valence-electron chi connectivity index (χ3n) is 1.09. The van der Waals surface area contributed by atoms with Crippen molar-refractivity contribution in [3.63, 3.8) is 0 Å². The van der Waals surface area contributed by atoms with Crippen LogP contribution in [-0.2, 0) is 0 Å². The van der Waals surface area contributed by atoms with Gasteiger partial charge in [-0.05, 0) is 11.4 Å². The maximum Gasteiger partial charge on any atom is 0.199 e. The van der Waals surface area contributed by atoms with Crippen LogP contribution in [0, 0.1) is 6.33 Å². The van der Waals surface area contributed by atoms with Gasteiger partial charge in [0.2, 0.25) is 0 Å². The summed E-state index contributed by atoms with van der Waals surface area (Å²) in [6, 6.07) is 1.99. The van der Waals surface area contributed by atoms with Crippen molar-refractivity contribution in [2.75, 3.05) is 0 Å². The van der Waals surface area contributed by atoms with E-state index in [1.807, 2.05) is 11.4 Å². The number of fused-ring (bicyclic) bond motifs is 1. The van der Waals surface area contributed by atoms with Crippen molar-refractivity contribution in [3.05, 3.63) is 24.0 Å². The molecule has 2 aromatic rings. The van der Waals surface area contributed by atoms with E-state index in [2.05, 4.69) is 16.3 Å². The smallest absolute Gasteiger partial charge is 0.199 e. The van der Waals surface area contributed by atoms with E-state index in [0.29, 0.717) is 0 Å². The van der Waals surface area contributed by atoms with E-state index in [-0.39, 0.29) is 0 Å². The number of thiophene rings is 1. The van der Waals surface area contributed by atoms with Crippen LogP contribution < -0.4 is 0 Å². The summed E-state index contributed by atoms with van der Waals surface area (Å²) in [4.78, 5) is 8.68. The molecule has 1 radical (unpaired) electrons. The molecular formula is C6H3N2S. The third kappa shape index (κ3) is 0.695. The molecule has 2 heterocycles. The molecule has 0 spiro atoms. The lowest BCUT2D eigenvalue weighted by atomic mass is 10.4. The molecule has 0 amide bonds. The van der Waals surface area contributed by atoms with Gasteiger partial charge in [-0.2, -0.15) is 0 Å². The molecule has 0 bridgehead atoms. The number of nitrogens with zero attached hydrogens (tertiary/aromatic N) is 2. The predicted molar refractivity (Wildman–Crippen MR) is 36.3 cm³/mol. The molecule has 0 fully saturated rings. The second-order valence-electron chi connectivity index (χ2n) is 1.65. The summed E-state index contributed by atoms with van der Waals surface area (Å²) in [5.41, 5.74) is 0. The first-order chi connectivity index (χ1) is 4.47. The van der Waals surface area contributed by atoms with Gasteiger partial charge in [-0.3, -0.25) is 0 Å². The van der Waals surface area contributed by atoms with Crippen molar-refractivity contribution in [2.24, 2.45) is 0 Å². The lowest BCUT2D eigenvalue weighted by Crippen LogP contribution is -1.72. The minimum atomic E-state index is 1.00. The van der Waals surface area contributed by atoms with Crippen molar-refractivity contribution in [1.29, 1.82) is 0 Å². The van der Waals surface area contributed by atoms with Crippen LogP contribution >= 0.6 is 11.3 Å². The Bertz CT molecular complexity index is 285. The Morgan fingerprint density at radius 2 is 2.56 bits per heavy atom. The Labute approximate surface area is 56.2 Å². The minimum Gasteiger partial charge on any atom is -0.233 e. The number of hydrogen-bond acceptors (Lipinski definition) is 3. The van der Waals surface area contributed by atoms with Crippen LogP contribution in [-0.4, -0.2) is 9.97 Å². The van der Waals surface area contributed by atoms with Crippen molar-refractivity contribution < 1.29 is 0 Å². The minimum absolute atomic E-state index is 1.00. The van der Waals surface area contributed by atoms with E-state index in [0.717, 1.165) is 10.2 Å². The Kier molecular flexibility index (Phi) is 0.960. The van der Waals surface area contributed by atoms with Gasteiger partial charge >= 0.3 is 0 Å². The average Bonchev–Trinajstić information content (AvgIpc) is 2.33. The molecule has 0 saturated carbocycles. The Morgan fingerprint density at radius 3 is 3.44 bits per heavy atom. The quantitative estimate of drug-likeness (QED) is 0.547. The fraction of sp³-hybridized carbons (Fsp3) is 0. The molecule has 2 nitrogen and oxygen atoms in total. The predicted octanol–water partition coefficient (Wildman–Crippen LogP) is 1.49. The summed E-state index contributed by atoms with van der Waals surface area (Å²) in [5.74, 6) is 0. The van der Waals surface area contributed by atoms with Crippen molar-refractivity contribution in [3.8, 4) is 0 Å². The molecule has 3 heteroatoms. The second-order valence-corrected chi connectivity index (χ2v) is 2.55. The summed E-state index contributed by atoms with van der Waals surface area (Å²) >= 11 is 1.60. The van der Waals surface area contributed by atoms with E-state index in [1.165, 1.54) is 0 Å². The van der Waals surface area contributed by atoms with Crippen molar-refractivity contribution in [2.45, 2.75) is 0 Å². The molecule has 0 N–H and O–H groups in total. The number of rotatable bonds is 0. The normalized spacial score (nSPS) is 10.2. The maximum atomic E-state index is 3.92. The second kappa shape index (κ2) is 1.77. The van der Waals surface area contributed by atoms with E-state index < -0.39 is 0 Å². The van der Waals surface area contributed by atoms with E-state index in [1.54, 1.807) is 17.5 Å². The van der Waals surface area contributed by atoms with Gasteiger partial charge in [0.05, 0.1) is 0 Å². The molecule has 0 saturated heterocycles.